The van der Waals surface area contributed by atoms with E-state index in [1.165, 1.54) is 35.3 Å². The first-order valence-corrected chi connectivity index (χ1v) is 10.1. The van der Waals surface area contributed by atoms with E-state index in [0.717, 1.165) is 29.8 Å². The third-order valence-corrected chi connectivity index (χ3v) is 5.77. The highest BCUT2D eigenvalue weighted by atomic mass is 32.1. The van der Waals surface area contributed by atoms with Gasteiger partial charge in [-0.05, 0) is 43.9 Å². The number of anilines is 1. The molecule has 4 rings (SSSR count). The molecule has 0 atom stereocenters. The second kappa shape index (κ2) is 7.92. The lowest BCUT2D eigenvalue weighted by atomic mass is 10.1. The van der Waals surface area contributed by atoms with Gasteiger partial charge in [-0.25, -0.2) is 0 Å². The zero-order valence-electron chi connectivity index (χ0n) is 15.4. The van der Waals surface area contributed by atoms with Crippen molar-refractivity contribution < 1.29 is 4.79 Å². The minimum Gasteiger partial charge on any atom is -0.350 e. The summed E-state index contributed by atoms with van der Waals surface area (Å²) in [6.45, 7) is 4.74. The molecule has 1 N–H and O–H groups in total. The van der Waals surface area contributed by atoms with E-state index in [9.17, 15) is 4.79 Å². The van der Waals surface area contributed by atoms with Gasteiger partial charge in [-0.15, -0.1) is 10.2 Å². The van der Waals surface area contributed by atoms with Gasteiger partial charge in [0.2, 0.25) is 10.3 Å². The number of rotatable bonds is 6. The molecule has 0 bridgehead atoms. The van der Waals surface area contributed by atoms with Crippen molar-refractivity contribution in [2.45, 2.75) is 26.2 Å². The van der Waals surface area contributed by atoms with E-state index < -0.39 is 0 Å². The zero-order chi connectivity index (χ0) is 18.6. The van der Waals surface area contributed by atoms with Gasteiger partial charge < -0.3 is 10.2 Å². The van der Waals surface area contributed by atoms with Gasteiger partial charge in [-0.3, -0.25) is 9.36 Å². The van der Waals surface area contributed by atoms with Crippen LogP contribution in [0.5, 0.6) is 0 Å². The molecule has 0 saturated carbocycles. The van der Waals surface area contributed by atoms with E-state index in [2.05, 4.69) is 51.6 Å². The van der Waals surface area contributed by atoms with Crippen LogP contribution in [0.1, 0.15) is 34.5 Å². The van der Waals surface area contributed by atoms with Crippen LogP contribution in [0.25, 0.3) is 5.13 Å². The van der Waals surface area contributed by atoms with E-state index in [1.807, 2.05) is 22.9 Å². The molecule has 0 radical (unpaired) electrons. The molecule has 27 heavy (non-hydrogen) atoms. The lowest BCUT2D eigenvalue weighted by molar-refractivity contribution is 0.0947. The lowest BCUT2D eigenvalue weighted by Gasteiger charge is -2.11. The van der Waals surface area contributed by atoms with Crippen LogP contribution in [0.4, 0.5) is 5.13 Å². The summed E-state index contributed by atoms with van der Waals surface area (Å²) < 4.78 is 1.82. The average Bonchev–Trinajstić information content (AvgIpc) is 3.42. The third kappa shape index (κ3) is 4.03. The number of aryl methyl sites for hydroxylation is 1. The summed E-state index contributed by atoms with van der Waals surface area (Å²) in [6, 6.07) is 12.1. The molecule has 3 aromatic rings. The smallest absolute Gasteiger partial charge is 0.268 e. The summed E-state index contributed by atoms with van der Waals surface area (Å²) in [5, 5.41) is 13.3. The molecule has 1 aromatic carbocycles. The topological polar surface area (TPSA) is 63.1 Å². The monoisotopic (exact) mass is 381 g/mol. The Bertz CT molecular complexity index is 909. The van der Waals surface area contributed by atoms with Gasteiger partial charge >= 0.3 is 0 Å². The lowest BCUT2D eigenvalue weighted by Crippen LogP contribution is -2.27. The number of aromatic nitrogens is 3. The molecule has 1 aliphatic rings. The second-order valence-electron chi connectivity index (χ2n) is 6.82. The number of amides is 1. The van der Waals surface area contributed by atoms with E-state index in [0.29, 0.717) is 12.2 Å². The summed E-state index contributed by atoms with van der Waals surface area (Å²) in [5.74, 6) is -0.0926. The Labute approximate surface area is 162 Å². The Balaban J connectivity index is 1.40. The molecule has 7 heteroatoms. The van der Waals surface area contributed by atoms with E-state index in [-0.39, 0.29) is 5.91 Å². The number of carbonyl (C=O) groups is 1. The maximum Gasteiger partial charge on any atom is 0.268 e. The summed E-state index contributed by atoms with van der Waals surface area (Å²) in [4.78, 5) is 14.9. The number of nitrogens with zero attached hydrogens (tertiary/aromatic N) is 4. The summed E-state index contributed by atoms with van der Waals surface area (Å²) in [6.07, 6.45) is 5.08. The minimum atomic E-state index is -0.0926. The van der Waals surface area contributed by atoms with Crippen molar-refractivity contribution in [3.63, 3.8) is 0 Å². The molecule has 6 nitrogen and oxygen atoms in total. The molecule has 0 spiro atoms. The van der Waals surface area contributed by atoms with Gasteiger partial charge in [0.15, 0.2) is 0 Å². The minimum absolute atomic E-state index is 0.0926. The van der Waals surface area contributed by atoms with Crippen LogP contribution in [0.3, 0.4) is 0 Å². The van der Waals surface area contributed by atoms with Crippen molar-refractivity contribution in [2.75, 3.05) is 24.5 Å². The molecule has 2 aromatic heterocycles. The Hall–Kier alpha value is -2.67. The maximum absolute atomic E-state index is 12.6. The summed E-state index contributed by atoms with van der Waals surface area (Å²) in [7, 11) is 0. The average molecular weight is 382 g/mol. The van der Waals surface area contributed by atoms with Crippen molar-refractivity contribution >= 4 is 22.4 Å². The standard InChI is InChI=1S/C20H23N5OS/c1-15-6-8-16(9-7-15)10-11-21-18(26)17-5-4-14-25(17)20-23-22-19(27-20)24-12-2-3-13-24/h4-9,14H,2-3,10-13H2,1H3,(H,21,26). The molecular formula is C20H23N5OS. The Morgan fingerprint density at radius 2 is 1.85 bits per heavy atom. The first-order chi connectivity index (χ1) is 13.2. The van der Waals surface area contributed by atoms with Crippen LogP contribution in [0, 0.1) is 6.92 Å². The van der Waals surface area contributed by atoms with Gasteiger partial charge in [-0.2, -0.15) is 0 Å². The molecule has 3 heterocycles. The molecule has 0 aliphatic carbocycles. The highest BCUT2D eigenvalue weighted by Gasteiger charge is 2.19. The number of hydrogen-bond donors (Lipinski definition) is 1. The fraction of sp³-hybridized carbons (Fsp3) is 0.350. The quantitative estimate of drug-likeness (QED) is 0.712. The van der Waals surface area contributed by atoms with Gasteiger partial charge in [0.25, 0.3) is 5.91 Å². The first kappa shape index (κ1) is 17.7. The molecule has 1 aliphatic heterocycles. The van der Waals surface area contributed by atoms with Crippen LogP contribution >= 0.6 is 11.3 Å². The Morgan fingerprint density at radius 1 is 1.11 bits per heavy atom. The van der Waals surface area contributed by atoms with Gasteiger partial charge in [-0.1, -0.05) is 41.2 Å². The number of benzene rings is 1. The first-order valence-electron chi connectivity index (χ1n) is 9.30. The second-order valence-corrected chi connectivity index (χ2v) is 7.75. The molecule has 1 fully saturated rings. The Kier molecular flexibility index (Phi) is 5.20. The molecule has 0 unspecified atom stereocenters. The normalized spacial score (nSPS) is 13.9. The zero-order valence-corrected chi connectivity index (χ0v) is 16.2. The predicted molar refractivity (Wildman–Crippen MR) is 108 cm³/mol. The molecule has 140 valence electrons. The number of nitrogens with one attached hydrogen (secondary N) is 1. The van der Waals surface area contributed by atoms with Crippen molar-refractivity contribution in [1.29, 1.82) is 0 Å². The van der Waals surface area contributed by atoms with Crippen molar-refractivity contribution in [3.05, 3.63) is 59.4 Å². The van der Waals surface area contributed by atoms with Crippen molar-refractivity contribution in [2.24, 2.45) is 0 Å². The fourth-order valence-corrected chi connectivity index (χ4v) is 4.14. The largest absolute Gasteiger partial charge is 0.350 e. The van der Waals surface area contributed by atoms with Crippen LogP contribution in [-0.4, -0.2) is 40.3 Å². The molecule has 1 amide bonds. The van der Waals surface area contributed by atoms with Crippen LogP contribution in [-0.2, 0) is 6.42 Å². The van der Waals surface area contributed by atoms with Gasteiger partial charge in [0.1, 0.15) is 5.69 Å². The highest BCUT2D eigenvalue weighted by molar-refractivity contribution is 7.17. The maximum atomic E-state index is 12.6. The molecule has 1 saturated heterocycles. The highest BCUT2D eigenvalue weighted by Crippen LogP contribution is 2.27. The number of hydrogen-bond acceptors (Lipinski definition) is 5. The predicted octanol–water partition coefficient (Wildman–Crippen LogP) is 3.21. The fourth-order valence-electron chi connectivity index (χ4n) is 3.24. The van der Waals surface area contributed by atoms with Crippen molar-refractivity contribution in [3.8, 4) is 5.13 Å². The van der Waals surface area contributed by atoms with Crippen LogP contribution < -0.4 is 10.2 Å². The van der Waals surface area contributed by atoms with E-state index in [4.69, 9.17) is 0 Å². The summed E-state index contributed by atoms with van der Waals surface area (Å²) >= 11 is 1.53. The SMILES string of the molecule is Cc1ccc(CCNC(=O)c2cccn2-c2nnc(N3CCCC3)s2)cc1. The van der Waals surface area contributed by atoms with Gasteiger partial charge in [0.05, 0.1) is 0 Å². The van der Waals surface area contributed by atoms with Crippen LogP contribution in [0.15, 0.2) is 42.6 Å². The van der Waals surface area contributed by atoms with E-state index in [1.54, 1.807) is 0 Å². The molecular weight excluding hydrogens is 358 g/mol. The number of carbonyl (C=O) groups excluding carboxylic acids is 1. The van der Waals surface area contributed by atoms with E-state index >= 15 is 0 Å². The third-order valence-electron chi connectivity index (χ3n) is 4.79. The summed E-state index contributed by atoms with van der Waals surface area (Å²) in [5.41, 5.74) is 3.05. The van der Waals surface area contributed by atoms with Crippen LogP contribution in [0.2, 0.25) is 0 Å². The Morgan fingerprint density at radius 3 is 2.63 bits per heavy atom. The van der Waals surface area contributed by atoms with Crippen molar-refractivity contribution in [1.82, 2.24) is 20.1 Å². The van der Waals surface area contributed by atoms with Gasteiger partial charge in [0, 0.05) is 25.8 Å².